The van der Waals surface area contributed by atoms with Gasteiger partial charge in [0.05, 0.1) is 5.41 Å². The third kappa shape index (κ3) is 4.07. The first-order valence-electron chi connectivity index (χ1n) is 8.26. The van der Waals surface area contributed by atoms with Crippen LogP contribution in [0.4, 0.5) is 0 Å². The maximum Gasteiger partial charge on any atom is 0.227 e. The molecule has 1 aromatic rings. The first-order valence-corrected chi connectivity index (χ1v) is 8.26. The molecule has 0 heterocycles. The standard InChI is InChI=1S/C18H28N2O/c1-2-15-7-9-16(10-8-15)13-20-17(21)18(14-19)11-5-3-4-6-12-18/h7-10H,2-6,11-14,19H2,1H3,(H,20,21). The van der Waals surface area contributed by atoms with Crippen molar-refractivity contribution in [1.29, 1.82) is 0 Å². The monoisotopic (exact) mass is 288 g/mol. The summed E-state index contributed by atoms with van der Waals surface area (Å²) in [5.74, 6) is 0.145. The summed E-state index contributed by atoms with van der Waals surface area (Å²) in [5.41, 5.74) is 8.10. The van der Waals surface area contributed by atoms with E-state index in [0.717, 1.165) is 37.7 Å². The van der Waals surface area contributed by atoms with Crippen molar-refractivity contribution in [3.63, 3.8) is 0 Å². The maximum absolute atomic E-state index is 12.6. The molecule has 1 saturated carbocycles. The third-order valence-electron chi connectivity index (χ3n) is 4.82. The van der Waals surface area contributed by atoms with Gasteiger partial charge < -0.3 is 11.1 Å². The molecule has 0 spiro atoms. The van der Waals surface area contributed by atoms with Gasteiger partial charge in [0, 0.05) is 13.1 Å². The Balaban J connectivity index is 1.95. The fraction of sp³-hybridized carbons (Fsp3) is 0.611. The van der Waals surface area contributed by atoms with E-state index in [9.17, 15) is 4.79 Å². The van der Waals surface area contributed by atoms with Gasteiger partial charge in [0.25, 0.3) is 0 Å². The largest absolute Gasteiger partial charge is 0.352 e. The van der Waals surface area contributed by atoms with Crippen LogP contribution in [0.3, 0.4) is 0 Å². The van der Waals surface area contributed by atoms with Crippen molar-refractivity contribution in [3.8, 4) is 0 Å². The van der Waals surface area contributed by atoms with Crippen molar-refractivity contribution >= 4 is 5.91 Å². The number of hydrogen-bond donors (Lipinski definition) is 2. The van der Waals surface area contributed by atoms with Crippen LogP contribution in [0.1, 0.15) is 56.6 Å². The zero-order valence-electron chi connectivity index (χ0n) is 13.2. The van der Waals surface area contributed by atoms with Crippen molar-refractivity contribution in [3.05, 3.63) is 35.4 Å². The van der Waals surface area contributed by atoms with E-state index in [-0.39, 0.29) is 11.3 Å². The van der Waals surface area contributed by atoms with Crippen LogP contribution in [0.5, 0.6) is 0 Å². The van der Waals surface area contributed by atoms with E-state index in [4.69, 9.17) is 5.73 Å². The molecule has 1 aromatic carbocycles. The van der Waals surface area contributed by atoms with E-state index >= 15 is 0 Å². The zero-order valence-corrected chi connectivity index (χ0v) is 13.2. The fourth-order valence-corrected chi connectivity index (χ4v) is 3.19. The van der Waals surface area contributed by atoms with Crippen LogP contribution in [0, 0.1) is 5.41 Å². The summed E-state index contributed by atoms with van der Waals surface area (Å²) in [5, 5.41) is 3.11. The topological polar surface area (TPSA) is 55.1 Å². The second-order valence-electron chi connectivity index (χ2n) is 6.25. The molecule has 0 aliphatic heterocycles. The highest BCUT2D eigenvalue weighted by Crippen LogP contribution is 2.34. The molecule has 1 aliphatic rings. The van der Waals surface area contributed by atoms with Gasteiger partial charge in [-0.1, -0.05) is 56.9 Å². The van der Waals surface area contributed by atoms with Crippen LogP contribution in [0.15, 0.2) is 24.3 Å². The molecular weight excluding hydrogens is 260 g/mol. The van der Waals surface area contributed by atoms with Crippen molar-refractivity contribution in [2.45, 2.75) is 58.4 Å². The van der Waals surface area contributed by atoms with E-state index in [1.165, 1.54) is 18.4 Å². The van der Waals surface area contributed by atoms with Crippen LogP contribution in [-0.2, 0) is 17.8 Å². The molecule has 116 valence electrons. The predicted octanol–water partition coefficient (Wildman–Crippen LogP) is 3.16. The molecule has 3 heteroatoms. The number of rotatable bonds is 5. The predicted molar refractivity (Wildman–Crippen MR) is 86.9 cm³/mol. The number of carbonyl (C=O) groups is 1. The summed E-state index contributed by atoms with van der Waals surface area (Å²) in [7, 11) is 0. The van der Waals surface area contributed by atoms with E-state index in [2.05, 4.69) is 36.5 Å². The highest BCUT2D eigenvalue weighted by molar-refractivity contribution is 5.82. The molecule has 1 aliphatic carbocycles. The van der Waals surface area contributed by atoms with Gasteiger partial charge in [-0.05, 0) is 30.4 Å². The van der Waals surface area contributed by atoms with E-state index in [1.807, 2.05) is 0 Å². The number of aryl methyl sites for hydroxylation is 1. The quantitative estimate of drug-likeness (QED) is 0.818. The van der Waals surface area contributed by atoms with Crippen LogP contribution in [-0.4, -0.2) is 12.5 Å². The Hall–Kier alpha value is -1.35. The molecule has 0 radical (unpaired) electrons. The fourth-order valence-electron chi connectivity index (χ4n) is 3.19. The Bertz CT molecular complexity index is 445. The molecule has 2 rings (SSSR count). The van der Waals surface area contributed by atoms with Crippen LogP contribution in [0.25, 0.3) is 0 Å². The van der Waals surface area contributed by atoms with Gasteiger partial charge in [-0.25, -0.2) is 0 Å². The van der Waals surface area contributed by atoms with Crippen molar-refractivity contribution < 1.29 is 4.79 Å². The number of carbonyl (C=O) groups excluding carboxylic acids is 1. The van der Waals surface area contributed by atoms with E-state index < -0.39 is 0 Å². The summed E-state index contributed by atoms with van der Waals surface area (Å²) in [6.45, 7) is 3.21. The van der Waals surface area contributed by atoms with Gasteiger partial charge in [-0.3, -0.25) is 4.79 Å². The number of nitrogens with two attached hydrogens (primary N) is 1. The molecule has 1 amide bonds. The lowest BCUT2D eigenvalue weighted by atomic mass is 9.79. The zero-order chi connectivity index (χ0) is 15.1. The van der Waals surface area contributed by atoms with Crippen LogP contribution in [0.2, 0.25) is 0 Å². The molecule has 0 atom stereocenters. The van der Waals surface area contributed by atoms with Gasteiger partial charge >= 0.3 is 0 Å². The molecule has 0 aromatic heterocycles. The lowest BCUT2D eigenvalue weighted by Gasteiger charge is -2.29. The second-order valence-corrected chi connectivity index (χ2v) is 6.25. The molecule has 3 N–H and O–H groups in total. The lowest BCUT2D eigenvalue weighted by Crippen LogP contribution is -2.45. The molecule has 1 fully saturated rings. The first kappa shape index (κ1) is 16.0. The summed E-state index contributed by atoms with van der Waals surface area (Å²) in [6, 6.07) is 8.46. The van der Waals surface area contributed by atoms with Gasteiger partial charge in [0.15, 0.2) is 0 Å². The van der Waals surface area contributed by atoms with Crippen molar-refractivity contribution in [2.24, 2.45) is 11.1 Å². The average Bonchev–Trinajstić information content (AvgIpc) is 2.79. The summed E-state index contributed by atoms with van der Waals surface area (Å²) >= 11 is 0. The minimum Gasteiger partial charge on any atom is -0.352 e. The summed E-state index contributed by atoms with van der Waals surface area (Å²) in [6.07, 6.45) is 7.61. The minimum atomic E-state index is -0.333. The van der Waals surface area contributed by atoms with Crippen LogP contribution < -0.4 is 11.1 Å². The lowest BCUT2D eigenvalue weighted by molar-refractivity contribution is -0.131. The number of amides is 1. The molecule has 0 unspecified atom stereocenters. The molecule has 3 nitrogen and oxygen atoms in total. The van der Waals surface area contributed by atoms with Gasteiger partial charge in [0.1, 0.15) is 0 Å². The average molecular weight is 288 g/mol. The van der Waals surface area contributed by atoms with Gasteiger partial charge in [-0.2, -0.15) is 0 Å². The van der Waals surface area contributed by atoms with Crippen molar-refractivity contribution in [2.75, 3.05) is 6.54 Å². The Labute approximate surface area is 128 Å². The minimum absolute atomic E-state index is 0.145. The number of nitrogens with one attached hydrogen (secondary N) is 1. The van der Waals surface area contributed by atoms with E-state index in [0.29, 0.717) is 13.1 Å². The summed E-state index contributed by atoms with van der Waals surface area (Å²) < 4.78 is 0. The third-order valence-corrected chi connectivity index (χ3v) is 4.82. The normalized spacial score (nSPS) is 18.0. The Morgan fingerprint density at radius 3 is 2.19 bits per heavy atom. The number of benzene rings is 1. The molecule has 21 heavy (non-hydrogen) atoms. The summed E-state index contributed by atoms with van der Waals surface area (Å²) in [4.78, 5) is 12.6. The highest BCUT2D eigenvalue weighted by atomic mass is 16.2. The molecule has 0 bridgehead atoms. The first-order chi connectivity index (χ1) is 10.2. The molecule has 0 saturated heterocycles. The Kier molecular flexibility index (Phi) is 5.80. The highest BCUT2D eigenvalue weighted by Gasteiger charge is 2.36. The Morgan fingerprint density at radius 2 is 1.67 bits per heavy atom. The SMILES string of the molecule is CCc1ccc(CNC(=O)C2(CN)CCCCCC2)cc1. The van der Waals surface area contributed by atoms with Crippen molar-refractivity contribution in [1.82, 2.24) is 5.32 Å². The van der Waals surface area contributed by atoms with E-state index in [1.54, 1.807) is 0 Å². The second kappa shape index (κ2) is 7.60. The number of hydrogen-bond acceptors (Lipinski definition) is 2. The van der Waals surface area contributed by atoms with Gasteiger partial charge in [-0.15, -0.1) is 0 Å². The molecular formula is C18H28N2O. The van der Waals surface area contributed by atoms with Crippen LogP contribution >= 0.6 is 0 Å². The maximum atomic E-state index is 12.6. The smallest absolute Gasteiger partial charge is 0.227 e. The van der Waals surface area contributed by atoms with Gasteiger partial charge in [0.2, 0.25) is 5.91 Å². The Morgan fingerprint density at radius 1 is 1.10 bits per heavy atom.